The second kappa shape index (κ2) is 6.64. The molecule has 1 aromatic heterocycles. The van der Waals surface area contributed by atoms with Crippen molar-refractivity contribution >= 4 is 32.6 Å². The average molecular weight is 350 g/mol. The van der Waals surface area contributed by atoms with E-state index < -0.39 is 34.4 Å². The van der Waals surface area contributed by atoms with Gasteiger partial charge in [0.2, 0.25) is 0 Å². The van der Waals surface area contributed by atoms with E-state index in [9.17, 15) is 18.0 Å². The van der Waals surface area contributed by atoms with Crippen molar-refractivity contribution < 1.29 is 22.7 Å². The fraction of sp³-hybridized carbons (Fsp3) is 0.375. The predicted octanol–water partition coefficient (Wildman–Crippen LogP) is 0.557. The smallest absolute Gasteiger partial charge is 0.310 e. The molecule has 1 aromatic carbocycles. The Morgan fingerprint density at radius 3 is 2.83 bits per heavy atom. The van der Waals surface area contributed by atoms with Crippen LogP contribution in [-0.2, 0) is 30.6 Å². The van der Waals surface area contributed by atoms with Crippen molar-refractivity contribution in [1.29, 1.82) is 0 Å². The van der Waals surface area contributed by atoms with E-state index in [0.29, 0.717) is 6.42 Å². The van der Waals surface area contributed by atoms with Gasteiger partial charge in [0, 0.05) is 23.1 Å². The van der Waals surface area contributed by atoms with Crippen LogP contribution in [0.3, 0.4) is 0 Å². The number of benzene rings is 1. The molecule has 1 atom stereocenters. The van der Waals surface area contributed by atoms with Crippen LogP contribution in [0.1, 0.15) is 12.0 Å². The molecule has 0 saturated carbocycles. The highest BCUT2D eigenvalue weighted by Gasteiger charge is 2.29. The molecule has 24 heavy (non-hydrogen) atoms. The van der Waals surface area contributed by atoms with Crippen molar-refractivity contribution in [2.45, 2.75) is 18.9 Å². The van der Waals surface area contributed by atoms with Crippen molar-refractivity contribution in [3.05, 3.63) is 36.0 Å². The first-order valence-corrected chi connectivity index (χ1v) is 9.45. The molecular formula is C16H18N2O5S. The van der Waals surface area contributed by atoms with Crippen LogP contribution in [0.25, 0.3) is 10.9 Å². The number of sulfone groups is 1. The zero-order valence-corrected chi connectivity index (χ0v) is 13.8. The van der Waals surface area contributed by atoms with Gasteiger partial charge in [-0.15, -0.1) is 0 Å². The number of amides is 1. The summed E-state index contributed by atoms with van der Waals surface area (Å²) in [5, 5.41) is 3.52. The summed E-state index contributed by atoms with van der Waals surface area (Å²) in [7, 11) is -3.05. The van der Waals surface area contributed by atoms with E-state index in [-0.39, 0.29) is 17.9 Å². The molecule has 2 heterocycles. The van der Waals surface area contributed by atoms with Gasteiger partial charge in [-0.1, -0.05) is 18.2 Å². The van der Waals surface area contributed by atoms with Crippen LogP contribution in [0.4, 0.5) is 0 Å². The van der Waals surface area contributed by atoms with E-state index in [0.717, 1.165) is 16.5 Å². The molecule has 2 N–H and O–H groups in total. The van der Waals surface area contributed by atoms with Crippen molar-refractivity contribution in [2.75, 3.05) is 18.1 Å². The maximum absolute atomic E-state index is 11.9. The number of hydrogen-bond acceptors (Lipinski definition) is 5. The zero-order chi connectivity index (χ0) is 17.2. The number of nitrogens with one attached hydrogen (secondary N) is 2. The quantitative estimate of drug-likeness (QED) is 0.767. The van der Waals surface area contributed by atoms with E-state index in [1.54, 1.807) is 6.20 Å². The average Bonchev–Trinajstić information content (AvgIpc) is 3.09. The Morgan fingerprint density at radius 1 is 1.29 bits per heavy atom. The fourth-order valence-corrected chi connectivity index (χ4v) is 4.48. The van der Waals surface area contributed by atoms with E-state index >= 15 is 0 Å². The number of para-hydroxylation sites is 1. The largest absolute Gasteiger partial charge is 0.455 e. The minimum absolute atomic E-state index is 0.0535. The highest BCUT2D eigenvalue weighted by atomic mass is 32.2. The second-order valence-electron chi connectivity index (χ2n) is 5.86. The molecule has 1 saturated heterocycles. The fourth-order valence-electron chi connectivity index (χ4n) is 2.81. The molecule has 1 amide bonds. The summed E-state index contributed by atoms with van der Waals surface area (Å²) < 4.78 is 27.6. The number of carbonyl (C=O) groups is 2. The molecule has 3 rings (SSSR count). The minimum Gasteiger partial charge on any atom is -0.455 e. The van der Waals surface area contributed by atoms with Gasteiger partial charge in [-0.2, -0.15) is 0 Å². The van der Waals surface area contributed by atoms with E-state index in [1.165, 1.54) is 0 Å². The van der Waals surface area contributed by atoms with Gasteiger partial charge in [0.25, 0.3) is 5.91 Å². The molecule has 8 heteroatoms. The van der Waals surface area contributed by atoms with Gasteiger partial charge in [-0.3, -0.25) is 9.59 Å². The van der Waals surface area contributed by atoms with Gasteiger partial charge in [0.15, 0.2) is 16.4 Å². The summed E-state index contributed by atoms with van der Waals surface area (Å²) in [6.07, 6.45) is 2.21. The van der Waals surface area contributed by atoms with Crippen molar-refractivity contribution in [3.63, 3.8) is 0 Å². The Kier molecular flexibility index (Phi) is 4.57. The second-order valence-corrected chi connectivity index (χ2v) is 8.09. The van der Waals surface area contributed by atoms with Gasteiger partial charge >= 0.3 is 5.97 Å². The molecule has 0 radical (unpaired) electrons. The number of aromatic amines is 1. The highest BCUT2D eigenvalue weighted by Crippen LogP contribution is 2.18. The molecule has 2 aromatic rings. The van der Waals surface area contributed by atoms with Crippen LogP contribution in [0, 0.1) is 0 Å². The maximum Gasteiger partial charge on any atom is 0.310 e. The first-order valence-electron chi connectivity index (χ1n) is 7.63. The number of aromatic nitrogens is 1. The molecule has 1 aliphatic rings. The molecule has 1 fully saturated rings. The van der Waals surface area contributed by atoms with Crippen LogP contribution in [0.15, 0.2) is 30.5 Å². The summed E-state index contributed by atoms with van der Waals surface area (Å²) >= 11 is 0. The number of carbonyl (C=O) groups excluding carboxylic acids is 2. The lowest BCUT2D eigenvalue weighted by molar-refractivity contribution is -0.148. The molecule has 0 unspecified atom stereocenters. The van der Waals surface area contributed by atoms with Gasteiger partial charge in [0.1, 0.15) is 0 Å². The van der Waals surface area contributed by atoms with Crippen LogP contribution in [0.2, 0.25) is 0 Å². The monoisotopic (exact) mass is 350 g/mol. The van der Waals surface area contributed by atoms with Crippen LogP contribution >= 0.6 is 0 Å². The Balaban J connectivity index is 1.48. The SMILES string of the molecule is O=C(COC(=O)Cc1c[nH]c2ccccc12)N[C@@H]1CCS(=O)(=O)C1. The standard InChI is InChI=1S/C16H18N2O5S/c19-15(18-12-5-6-24(21,22)10-12)9-23-16(20)7-11-8-17-14-4-2-1-3-13(11)14/h1-4,8,12,17H,5-7,9-10H2,(H,18,19)/t12-/m1/s1. The Bertz CT molecular complexity index is 871. The lowest BCUT2D eigenvalue weighted by Crippen LogP contribution is -2.38. The maximum atomic E-state index is 11.9. The van der Waals surface area contributed by atoms with Crippen molar-refractivity contribution in [3.8, 4) is 0 Å². The minimum atomic E-state index is -3.05. The van der Waals surface area contributed by atoms with Crippen LogP contribution < -0.4 is 5.32 Å². The van der Waals surface area contributed by atoms with Crippen LogP contribution in [-0.4, -0.2) is 49.4 Å². The molecule has 0 aliphatic carbocycles. The summed E-state index contributed by atoms with van der Waals surface area (Å²) in [6.45, 7) is -0.405. The predicted molar refractivity (Wildman–Crippen MR) is 88.2 cm³/mol. The van der Waals surface area contributed by atoms with Gasteiger partial charge in [0.05, 0.1) is 17.9 Å². The summed E-state index contributed by atoms with van der Waals surface area (Å²) in [4.78, 5) is 26.7. The lowest BCUT2D eigenvalue weighted by atomic mass is 10.1. The third-order valence-electron chi connectivity index (χ3n) is 3.97. The number of H-pyrrole nitrogens is 1. The topological polar surface area (TPSA) is 105 Å². The molecule has 128 valence electrons. The first-order chi connectivity index (χ1) is 11.4. The number of fused-ring (bicyclic) bond motifs is 1. The summed E-state index contributed by atoms with van der Waals surface area (Å²) in [5.74, 6) is -0.960. The lowest BCUT2D eigenvalue weighted by Gasteiger charge is -2.10. The van der Waals surface area contributed by atoms with E-state index in [2.05, 4.69) is 10.3 Å². The summed E-state index contributed by atoms with van der Waals surface area (Å²) in [5.41, 5.74) is 1.73. The molecule has 1 aliphatic heterocycles. The Hall–Kier alpha value is -2.35. The normalized spacial score (nSPS) is 19.2. The third kappa shape index (κ3) is 3.94. The molecule has 0 bridgehead atoms. The van der Waals surface area contributed by atoms with E-state index in [1.807, 2.05) is 24.3 Å². The third-order valence-corrected chi connectivity index (χ3v) is 5.74. The van der Waals surface area contributed by atoms with Crippen molar-refractivity contribution in [1.82, 2.24) is 10.3 Å². The number of esters is 1. The first kappa shape index (κ1) is 16.5. The van der Waals surface area contributed by atoms with Gasteiger partial charge < -0.3 is 15.0 Å². The van der Waals surface area contributed by atoms with Gasteiger partial charge in [-0.05, 0) is 18.1 Å². The Morgan fingerprint density at radius 2 is 2.08 bits per heavy atom. The number of ether oxygens (including phenoxy) is 1. The zero-order valence-electron chi connectivity index (χ0n) is 12.9. The van der Waals surface area contributed by atoms with E-state index in [4.69, 9.17) is 4.74 Å². The molecule has 7 nitrogen and oxygen atoms in total. The van der Waals surface area contributed by atoms with Gasteiger partial charge in [-0.25, -0.2) is 8.42 Å². The Labute approximate surface area is 139 Å². The van der Waals surface area contributed by atoms with Crippen LogP contribution in [0.5, 0.6) is 0 Å². The number of rotatable bonds is 5. The molecule has 0 spiro atoms. The summed E-state index contributed by atoms with van der Waals surface area (Å²) in [6, 6.07) is 7.20. The number of hydrogen-bond donors (Lipinski definition) is 2. The highest BCUT2D eigenvalue weighted by molar-refractivity contribution is 7.91. The molecular weight excluding hydrogens is 332 g/mol. The van der Waals surface area contributed by atoms with Crippen molar-refractivity contribution in [2.24, 2.45) is 0 Å².